The molecule has 2 saturated heterocycles. The minimum atomic E-state index is -0.178. The van der Waals surface area contributed by atoms with Crippen molar-refractivity contribution in [3.63, 3.8) is 0 Å². The van der Waals surface area contributed by atoms with Crippen LogP contribution in [0.2, 0.25) is 0 Å². The number of nitrogens with zero attached hydrogens (tertiary/aromatic N) is 2. The van der Waals surface area contributed by atoms with E-state index < -0.39 is 0 Å². The summed E-state index contributed by atoms with van der Waals surface area (Å²) in [6.07, 6.45) is 2.83. The third-order valence-electron chi connectivity index (χ3n) is 4.84. The Balaban J connectivity index is 1.57. The lowest BCUT2D eigenvalue weighted by Crippen LogP contribution is -2.52. The van der Waals surface area contributed by atoms with Crippen LogP contribution in [0, 0.1) is 0 Å². The number of carbonyl (C=O) groups is 1. The van der Waals surface area contributed by atoms with Crippen molar-refractivity contribution >= 4 is 5.91 Å². The molecule has 2 heterocycles. The third kappa shape index (κ3) is 3.33. The molecule has 0 aromatic heterocycles. The van der Waals surface area contributed by atoms with Gasteiger partial charge in [0, 0.05) is 38.8 Å². The van der Waals surface area contributed by atoms with E-state index in [-0.39, 0.29) is 12.0 Å². The van der Waals surface area contributed by atoms with Gasteiger partial charge in [0.25, 0.3) is 5.91 Å². The number of hydrogen-bond acceptors (Lipinski definition) is 3. The fraction of sp³-hybridized carbons (Fsp3) is 0.611. The lowest BCUT2D eigenvalue weighted by molar-refractivity contribution is -0.143. The van der Waals surface area contributed by atoms with Crippen LogP contribution in [0.15, 0.2) is 30.3 Å². The molecule has 2 unspecified atom stereocenters. The topological polar surface area (TPSA) is 32.8 Å². The van der Waals surface area contributed by atoms with Gasteiger partial charge in [-0.3, -0.25) is 9.69 Å². The number of hydrogen-bond donors (Lipinski definition) is 0. The van der Waals surface area contributed by atoms with Crippen LogP contribution in [0.1, 0.15) is 37.8 Å². The molecule has 0 bridgehead atoms. The molecule has 0 N–H and O–H groups in total. The molecule has 0 aliphatic carbocycles. The maximum atomic E-state index is 12.4. The van der Waals surface area contributed by atoms with Gasteiger partial charge in [-0.05, 0) is 24.8 Å². The molecule has 2 aliphatic heterocycles. The van der Waals surface area contributed by atoms with Crippen molar-refractivity contribution in [2.75, 3.05) is 32.8 Å². The van der Waals surface area contributed by atoms with E-state index in [1.165, 1.54) is 5.56 Å². The van der Waals surface area contributed by atoms with E-state index in [0.29, 0.717) is 6.04 Å². The van der Waals surface area contributed by atoms with Gasteiger partial charge in [0.2, 0.25) is 0 Å². The van der Waals surface area contributed by atoms with Crippen LogP contribution in [-0.2, 0) is 9.53 Å². The number of ether oxygens (including phenoxy) is 1. The minimum Gasteiger partial charge on any atom is -0.368 e. The zero-order chi connectivity index (χ0) is 15.4. The normalized spacial score (nSPS) is 24.4. The van der Waals surface area contributed by atoms with Gasteiger partial charge < -0.3 is 9.64 Å². The Kier molecular flexibility index (Phi) is 5.11. The van der Waals surface area contributed by atoms with Gasteiger partial charge in [0.15, 0.2) is 0 Å². The smallest absolute Gasteiger partial charge is 0.251 e. The number of rotatable bonds is 4. The summed E-state index contributed by atoms with van der Waals surface area (Å²) in [7, 11) is 0. The van der Waals surface area contributed by atoms with E-state index in [0.717, 1.165) is 52.0 Å². The van der Waals surface area contributed by atoms with Crippen molar-refractivity contribution in [1.29, 1.82) is 0 Å². The maximum absolute atomic E-state index is 12.4. The molecular weight excluding hydrogens is 276 g/mol. The summed E-state index contributed by atoms with van der Waals surface area (Å²) in [5.41, 5.74) is 1.38. The Labute approximate surface area is 133 Å². The molecule has 2 atom stereocenters. The Hall–Kier alpha value is -1.39. The van der Waals surface area contributed by atoms with Gasteiger partial charge in [-0.2, -0.15) is 0 Å². The predicted octanol–water partition coefficient (Wildman–Crippen LogP) is 2.46. The summed E-state index contributed by atoms with van der Waals surface area (Å²) in [6.45, 7) is 6.52. The average molecular weight is 302 g/mol. The van der Waals surface area contributed by atoms with Crippen LogP contribution < -0.4 is 0 Å². The third-order valence-corrected chi connectivity index (χ3v) is 4.84. The quantitative estimate of drug-likeness (QED) is 0.856. The molecule has 2 fully saturated rings. The summed E-state index contributed by atoms with van der Waals surface area (Å²) < 4.78 is 5.53. The highest BCUT2D eigenvalue weighted by atomic mass is 16.5. The summed E-state index contributed by atoms with van der Waals surface area (Å²) >= 11 is 0. The van der Waals surface area contributed by atoms with Crippen LogP contribution >= 0.6 is 0 Å². The molecule has 4 heteroatoms. The van der Waals surface area contributed by atoms with Crippen molar-refractivity contribution in [2.24, 2.45) is 0 Å². The number of amides is 1. The van der Waals surface area contributed by atoms with E-state index in [9.17, 15) is 4.79 Å². The molecule has 0 spiro atoms. The van der Waals surface area contributed by atoms with Crippen molar-refractivity contribution in [1.82, 2.24) is 9.80 Å². The van der Waals surface area contributed by atoms with Gasteiger partial charge >= 0.3 is 0 Å². The number of benzene rings is 1. The fourth-order valence-corrected chi connectivity index (χ4v) is 3.61. The van der Waals surface area contributed by atoms with Crippen molar-refractivity contribution in [2.45, 2.75) is 38.3 Å². The molecular formula is C18H26N2O2. The minimum absolute atomic E-state index is 0.178. The van der Waals surface area contributed by atoms with Crippen molar-refractivity contribution < 1.29 is 9.53 Å². The highest BCUT2D eigenvalue weighted by molar-refractivity contribution is 5.81. The summed E-state index contributed by atoms with van der Waals surface area (Å²) in [5, 5.41) is 0. The molecule has 120 valence electrons. The van der Waals surface area contributed by atoms with Gasteiger partial charge in [0.05, 0.1) is 0 Å². The zero-order valence-electron chi connectivity index (χ0n) is 13.4. The van der Waals surface area contributed by atoms with E-state index >= 15 is 0 Å². The Bertz CT molecular complexity index is 477. The average Bonchev–Trinajstić information content (AvgIpc) is 3.11. The number of carbonyl (C=O) groups excluding carboxylic acids is 1. The first-order valence-electron chi connectivity index (χ1n) is 8.49. The zero-order valence-corrected chi connectivity index (χ0v) is 13.4. The van der Waals surface area contributed by atoms with E-state index in [2.05, 4.69) is 42.2 Å². The molecule has 0 saturated carbocycles. The number of piperazine rings is 1. The predicted molar refractivity (Wildman–Crippen MR) is 86.6 cm³/mol. The van der Waals surface area contributed by atoms with Gasteiger partial charge in [0.1, 0.15) is 6.10 Å². The highest BCUT2D eigenvalue weighted by Crippen LogP contribution is 2.25. The van der Waals surface area contributed by atoms with E-state index in [1.54, 1.807) is 0 Å². The lowest BCUT2D eigenvalue weighted by atomic mass is 10.0. The van der Waals surface area contributed by atoms with Crippen LogP contribution in [-0.4, -0.2) is 54.6 Å². The summed E-state index contributed by atoms with van der Waals surface area (Å²) in [6, 6.07) is 11.1. The molecule has 4 nitrogen and oxygen atoms in total. The van der Waals surface area contributed by atoms with Crippen molar-refractivity contribution in [3.05, 3.63) is 35.9 Å². The largest absolute Gasteiger partial charge is 0.368 e. The second-order valence-electron chi connectivity index (χ2n) is 6.20. The summed E-state index contributed by atoms with van der Waals surface area (Å²) in [5.74, 6) is 0.199. The maximum Gasteiger partial charge on any atom is 0.251 e. The molecule has 0 radical (unpaired) electrons. The first-order valence-corrected chi connectivity index (χ1v) is 8.49. The van der Waals surface area contributed by atoms with E-state index in [1.807, 2.05) is 4.90 Å². The SMILES string of the molecule is CCC(c1ccccc1)N1CCN(C(=O)C2CCCO2)CC1. The standard InChI is InChI=1S/C18H26N2O2/c1-2-16(15-7-4-3-5-8-15)19-10-12-20(13-11-19)18(21)17-9-6-14-22-17/h3-5,7-8,16-17H,2,6,9-14H2,1H3. The second kappa shape index (κ2) is 7.25. The van der Waals surface area contributed by atoms with Crippen LogP contribution in [0.3, 0.4) is 0 Å². The first kappa shape index (κ1) is 15.5. The lowest BCUT2D eigenvalue weighted by Gasteiger charge is -2.39. The Morgan fingerprint density at radius 2 is 1.95 bits per heavy atom. The summed E-state index contributed by atoms with van der Waals surface area (Å²) in [4.78, 5) is 16.9. The van der Waals surface area contributed by atoms with Crippen LogP contribution in [0.5, 0.6) is 0 Å². The van der Waals surface area contributed by atoms with Gasteiger partial charge in [-0.1, -0.05) is 37.3 Å². The monoisotopic (exact) mass is 302 g/mol. The molecule has 1 aromatic rings. The molecule has 1 amide bonds. The van der Waals surface area contributed by atoms with Crippen LogP contribution in [0.4, 0.5) is 0 Å². The molecule has 22 heavy (non-hydrogen) atoms. The van der Waals surface area contributed by atoms with Gasteiger partial charge in [-0.25, -0.2) is 0 Å². The highest BCUT2D eigenvalue weighted by Gasteiger charge is 2.31. The Morgan fingerprint density at radius 3 is 2.55 bits per heavy atom. The molecule has 3 rings (SSSR count). The molecule has 2 aliphatic rings. The van der Waals surface area contributed by atoms with Crippen molar-refractivity contribution in [3.8, 4) is 0 Å². The first-order chi connectivity index (χ1) is 10.8. The second-order valence-corrected chi connectivity index (χ2v) is 6.20. The van der Waals surface area contributed by atoms with Gasteiger partial charge in [-0.15, -0.1) is 0 Å². The van der Waals surface area contributed by atoms with E-state index in [4.69, 9.17) is 4.74 Å². The fourth-order valence-electron chi connectivity index (χ4n) is 3.61. The molecule has 1 aromatic carbocycles. The Morgan fingerprint density at radius 1 is 1.23 bits per heavy atom. The van der Waals surface area contributed by atoms with Crippen LogP contribution in [0.25, 0.3) is 0 Å².